The minimum Gasteiger partial charge on any atom is -0.486 e. The van der Waals surface area contributed by atoms with Crippen molar-refractivity contribution in [3.8, 4) is 11.5 Å². The molecule has 0 spiro atoms. The molecule has 1 aliphatic heterocycles. The van der Waals surface area contributed by atoms with Gasteiger partial charge in [0, 0.05) is 6.07 Å². The largest absolute Gasteiger partial charge is 0.486 e. The average molecular weight is 354 g/mol. The molecule has 5 nitrogen and oxygen atoms in total. The summed E-state index contributed by atoms with van der Waals surface area (Å²) in [6.07, 6.45) is 0. The van der Waals surface area contributed by atoms with Crippen LogP contribution in [0.2, 0.25) is 5.02 Å². The Kier molecular flexibility index (Phi) is 4.12. The number of rotatable bonds is 3. The highest BCUT2D eigenvalue weighted by molar-refractivity contribution is 7.92. The number of aryl methyl sites for hydroxylation is 2. The summed E-state index contributed by atoms with van der Waals surface area (Å²) in [6, 6.07) is 8.11. The van der Waals surface area contributed by atoms with Crippen LogP contribution in [0.25, 0.3) is 0 Å². The fourth-order valence-corrected chi connectivity index (χ4v) is 4.02. The van der Waals surface area contributed by atoms with Gasteiger partial charge in [-0.25, -0.2) is 8.42 Å². The quantitative estimate of drug-likeness (QED) is 0.916. The van der Waals surface area contributed by atoms with E-state index in [0.717, 1.165) is 11.1 Å². The van der Waals surface area contributed by atoms with Crippen LogP contribution >= 0.6 is 11.6 Å². The van der Waals surface area contributed by atoms with Gasteiger partial charge >= 0.3 is 0 Å². The van der Waals surface area contributed by atoms with Gasteiger partial charge in [0.15, 0.2) is 11.5 Å². The predicted molar refractivity (Wildman–Crippen MR) is 89.2 cm³/mol. The molecule has 0 bridgehead atoms. The van der Waals surface area contributed by atoms with Gasteiger partial charge in [0.25, 0.3) is 10.0 Å². The summed E-state index contributed by atoms with van der Waals surface area (Å²) in [6.45, 7) is 4.56. The Labute approximate surface area is 140 Å². The van der Waals surface area contributed by atoms with E-state index in [0.29, 0.717) is 35.4 Å². The Morgan fingerprint density at radius 1 is 1.04 bits per heavy atom. The summed E-state index contributed by atoms with van der Waals surface area (Å²) < 4.78 is 38.6. The first-order valence-electron chi connectivity index (χ1n) is 7.06. The number of halogens is 1. The number of hydrogen-bond acceptors (Lipinski definition) is 4. The van der Waals surface area contributed by atoms with Gasteiger partial charge in [0.05, 0.1) is 15.6 Å². The molecule has 23 heavy (non-hydrogen) atoms. The molecule has 0 radical (unpaired) electrons. The van der Waals surface area contributed by atoms with Gasteiger partial charge in [-0.2, -0.15) is 0 Å². The van der Waals surface area contributed by atoms with Crippen molar-refractivity contribution >= 4 is 27.3 Å². The van der Waals surface area contributed by atoms with E-state index in [4.69, 9.17) is 21.1 Å². The van der Waals surface area contributed by atoms with Crippen LogP contribution in [0.5, 0.6) is 11.5 Å². The summed E-state index contributed by atoms with van der Waals surface area (Å²) in [5.74, 6) is 0.964. The Morgan fingerprint density at radius 2 is 1.74 bits per heavy atom. The molecule has 2 aromatic carbocycles. The van der Waals surface area contributed by atoms with Crippen molar-refractivity contribution in [1.82, 2.24) is 0 Å². The smallest absolute Gasteiger partial charge is 0.262 e. The van der Waals surface area contributed by atoms with E-state index in [1.54, 1.807) is 19.1 Å². The molecule has 0 amide bonds. The molecule has 0 atom stereocenters. The van der Waals surface area contributed by atoms with E-state index in [9.17, 15) is 8.42 Å². The van der Waals surface area contributed by atoms with Crippen LogP contribution in [0.3, 0.4) is 0 Å². The van der Waals surface area contributed by atoms with Crippen molar-refractivity contribution in [3.05, 3.63) is 46.5 Å². The van der Waals surface area contributed by atoms with Crippen molar-refractivity contribution in [2.24, 2.45) is 0 Å². The van der Waals surface area contributed by atoms with Crippen molar-refractivity contribution < 1.29 is 17.9 Å². The monoisotopic (exact) mass is 353 g/mol. The third-order valence-electron chi connectivity index (χ3n) is 3.49. The Bertz CT molecular complexity index is 841. The van der Waals surface area contributed by atoms with Crippen molar-refractivity contribution in [1.29, 1.82) is 0 Å². The van der Waals surface area contributed by atoms with Gasteiger partial charge in [0.2, 0.25) is 0 Å². The highest BCUT2D eigenvalue weighted by atomic mass is 35.5. The lowest BCUT2D eigenvalue weighted by molar-refractivity contribution is 0.171. The summed E-state index contributed by atoms with van der Waals surface area (Å²) in [5.41, 5.74) is 2.11. The van der Waals surface area contributed by atoms with Crippen LogP contribution in [0, 0.1) is 13.8 Å². The van der Waals surface area contributed by atoms with Gasteiger partial charge in [-0.3, -0.25) is 4.72 Å². The Balaban J connectivity index is 1.97. The second-order valence-electron chi connectivity index (χ2n) is 5.35. The molecule has 0 aromatic heterocycles. The molecule has 0 unspecified atom stereocenters. The van der Waals surface area contributed by atoms with Crippen LogP contribution in [0.4, 0.5) is 5.69 Å². The molecule has 1 heterocycles. The molecule has 2 aromatic rings. The maximum absolute atomic E-state index is 12.6. The normalized spacial score (nSPS) is 13.7. The second kappa shape index (κ2) is 5.94. The number of fused-ring (bicyclic) bond motifs is 1. The first kappa shape index (κ1) is 16.0. The van der Waals surface area contributed by atoms with Crippen LogP contribution in [0.1, 0.15) is 11.1 Å². The van der Waals surface area contributed by atoms with Crippen LogP contribution in [-0.4, -0.2) is 21.6 Å². The van der Waals surface area contributed by atoms with Gasteiger partial charge in [-0.1, -0.05) is 17.7 Å². The molecule has 122 valence electrons. The fraction of sp³-hybridized carbons (Fsp3) is 0.250. The zero-order valence-electron chi connectivity index (χ0n) is 12.7. The minimum absolute atomic E-state index is 0.0952. The lowest BCUT2D eigenvalue weighted by atomic mass is 10.1. The maximum Gasteiger partial charge on any atom is 0.262 e. The summed E-state index contributed by atoms with van der Waals surface area (Å²) >= 11 is 6.17. The number of ether oxygens (including phenoxy) is 2. The zero-order valence-corrected chi connectivity index (χ0v) is 14.3. The molecule has 7 heteroatoms. The molecule has 3 rings (SSSR count). The number of hydrogen-bond donors (Lipinski definition) is 1. The molecule has 1 N–H and O–H groups in total. The molecule has 0 saturated heterocycles. The van der Waals surface area contributed by atoms with Crippen LogP contribution < -0.4 is 14.2 Å². The van der Waals surface area contributed by atoms with E-state index in [-0.39, 0.29) is 4.90 Å². The average Bonchev–Trinajstić information content (AvgIpc) is 2.50. The van der Waals surface area contributed by atoms with Crippen LogP contribution in [0.15, 0.2) is 35.2 Å². The number of benzene rings is 2. The van der Waals surface area contributed by atoms with Gasteiger partial charge in [-0.15, -0.1) is 0 Å². The number of sulfonamides is 1. The third kappa shape index (κ3) is 3.23. The van der Waals surface area contributed by atoms with E-state index < -0.39 is 10.0 Å². The minimum atomic E-state index is -3.77. The van der Waals surface area contributed by atoms with Crippen molar-refractivity contribution in [2.45, 2.75) is 18.7 Å². The summed E-state index contributed by atoms with van der Waals surface area (Å²) in [7, 11) is -3.77. The van der Waals surface area contributed by atoms with Crippen LogP contribution in [-0.2, 0) is 10.0 Å². The molecular weight excluding hydrogens is 338 g/mol. The summed E-state index contributed by atoms with van der Waals surface area (Å²) in [4.78, 5) is 0.0952. The zero-order chi connectivity index (χ0) is 16.6. The van der Waals surface area contributed by atoms with E-state index in [1.807, 2.05) is 13.0 Å². The lowest BCUT2D eigenvalue weighted by Gasteiger charge is -2.19. The van der Waals surface area contributed by atoms with Gasteiger partial charge in [-0.05, 0) is 43.2 Å². The fourth-order valence-electron chi connectivity index (χ4n) is 2.43. The molecule has 0 fully saturated rings. The summed E-state index contributed by atoms with van der Waals surface area (Å²) in [5, 5.41) is 0.364. The third-order valence-corrected chi connectivity index (χ3v) is 5.14. The van der Waals surface area contributed by atoms with Gasteiger partial charge < -0.3 is 9.47 Å². The number of nitrogens with one attached hydrogen (secondary N) is 1. The first-order chi connectivity index (χ1) is 10.9. The standard InChI is InChI=1S/C16H16ClNO4S/c1-10-7-11(2)16(13(17)8-10)18-23(19,20)12-3-4-14-15(9-12)22-6-5-21-14/h3-4,7-9,18H,5-6H2,1-2H3. The van der Waals surface area contributed by atoms with E-state index in [2.05, 4.69) is 4.72 Å². The molecule has 0 saturated carbocycles. The number of anilines is 1. The first-order valence-corrected chi connectivity index (χ1v) is 8.92. The Morgan fingerprint density at radius 3 is 2.43 bits per heavy atom. The molecule has 0 aliphatic carbocycles. The Hall–Kier alpha value is -1.92. The van der Waals surface area contributed by atoms with Crippen molar-refractivity contribution in [3.63, 3.8) is 0 Å². The highest BCUT2D eigenvalue weighted by Crippen LogP contribution is 2.34. The van der Waals surface area contributed by atoms with Gasteiger partial charge in [0.1, 0.15) is 13.2 Å². The maximum atomic E-state index is 12.6. The lowest BCUT2D eigenvalue weighted by Crippen LogP contribution is -2.17. The van der Waals surface area contributed by atoms with E-state index in [1.165, 1.54) is 12.1 Å². The topological polar surface area (TPSA) is 64.6 Å². The highest BCUT2D eigenvalue weighted by Gasteiger charge is 2.21. The second-order valence-corrected chi connectivity index (χ2v) is 7.44. The SMILES string of the molecule is Cc1cc(C)c(NS(=O)(=O)c2ccc3c(c2)OCCO3)c(Cl)c1. The molecular formula is C16H16ClNO4S. The van der Waals surface area contributed by atoms with E-state index >= 15 is 0 Å². The van der Waals surface area contributed by atoms with Crippen molar-refractivity contribution in [2.75, 3.05) is 17.9 Å². The predicted octanol–water partition coefficient (Wildman–Crippen LogP) is 3.53. The molecule has 1 aliphatic rings.